The minimum Gasteiger partial charge on any atom is -0.381 e. The van der Waals surface area contributed by atoms with E-state index in [1.54, 1.807) is 14.2 Å². The molecule has 7 nitrogen and oxygen atoms in total. The molecule has 2 heterocycles. The first-order valence-electron chi connectivity index (χ1n) is 7.29. The summed E-state index contributed by atoms with van der Waals surface area (Å²) in [5.74, 6) is 0.754. The molecule has 1 aliphatic heterocycles. The Kier molecular flexibility index (Phi) is 5.45. The van der Waals surface area contributed by atoms with Gasteiger partial charge in [-0.3, -0.25) is 0 Å². The Labute approximate surface area is 120 Å². The van der Waals surface area contributed by atoms with Crippen LogP contribution in [0.25, 0.3) is 0 Å². The fraction of sp³-hybridized carbons (Fsp3) is 0.923. The van der Waals surface area contributed by atoms with Crippen LogP contribution in [0.1, 0.15) is 32.0 Å². The van der Waals surface area contributed by atoms with Gasteiger partial charge in [-0.05, 0) is 18.2 Å². The van der Waals surface area contributed by atoms with Crippen molar-refractivity contribution in [3.8, 4) is 0 Å². The molecule has 1 N–H and O–H groups in total. The Balaban J connectivity index is 2.11. The van der Waals surface area contributed by atoms with Gasteiger partial charge in [0.2, 0.25) is 0 Å². The van der Waals surface area contributed by atoms with E-state index in [1.165, 1.54) is 4.80 Å². The van der Waals surface area contributed by atoms with Gasteiger partial charge in [-0.1, -0.05) is 6.92 Å². The lowest BCUT2D eigenvalue weighted by Gasteiger charge is -2.42. The van der Waals surface area contributed by atoms with E-state index in [-0.39, 0.29) is 11.6 Å². The van der Waals surface area contributed by atoms with Gasteiger partial charge in [0, 0.05) is 45.6 Å². The number of nitrogens with zero attached hydrogens (tertiary/aromatic N) is 4. The summed E-state index contributed by atoms with van der Waals surface area (Å²) in [6.07, 6.45) is 3.60. The van der Waals surface area contributed by atoms with E-state index in [9.17, 15) is 0 Å². The normalized spacial score (nSPS) is 19.9. The molecule has 114 valence electrons. The van der Waals surface area contributed by atoms with Crippen molar-refractivity contribution < 1.29 is 9.47 Å². The Morgan fingerprint density at radius 1 is 1.45 bits per heavy atom. The number of ether oxygens (including phenoxy) is 2. The number of nitrogens with one attached hydrogen (secondary N) is 1. The zero-order valence-corrected chi connectivity index (χ0v) is 12.6. The maximum absolute atomic E-state index is 5.89. The molecule has 1 aromatic rings. The van der Waals surface area contributed by atoms with Crippen LogP contribution in [-0.2, 0) is 22.9 Å². The van der Waals surface area contributed by atoms with Gasteiger partial charge >= 0.3 is 0 Å². The van der Waals surface area contributed by atoms with Crippen molar-refractivity contribution in [2.24, 2.45) is 7.05 Å². The van der Waals surface area contributed by atoms with E-state index in [2.05, 4.69) is 27.7 Å². The molecule has 0 spiro atoms. The van der Waals surface area contributed by atoms with Crippen LogP contribution in [0.15, 0.2) is 0 Å². The first-order chi connectivity index (χ1) is 9.70. The number of hydrogen-bond acceptors (Lipinski definition) is 6. The van der Waals surface area contributed by atoms with E-state index in [1.807, 2.05) is 0 Å². The molecule has 1 saturated heterocycles. The highest BCUT2D eigenvalue weighted by atomic mass is 16.5. The molecule has 2 rings (SSSR count). The van der Waals surface area contributed by atoms with Crippen LogP contribution in [0.5, 0.6) is 0 Å². The predicted molar refractivity (Wildman–Crippen MR) is 74.4 cm³/mol. The highest BCUT2D eigenvalue weighted by Gasteiger charge is 2.40. The lowest BCUT2D eigenvalue weighted by molar-refractivity contribution is -0.110. The fourth-order valence-corrected chi connectivity index (χ4v) is 2.76. The van der Waals surface area contributed by atoms with Crippen LogP contribution in [-0.4, -0.2) is 58.7 Å². The summed E-state index contributed by atoms with van der Waals surface area (Å²) in [6, 6.07) is 0.181. The highest BCUT2D eigenvalue weighted by molar-refractivity contribution is 4.99. The van der Waals surface area contributed by atoms with Crippen LogP contribution >= 0.6 is 0 Å². The largest absolute Gasteiger partial charge is 0.381 e. The van der Waals surface area contributed by atoms with Crippen molar-refractivity contribution in [3.05, 3.63) is 5.82 Å². The number of hydrogen-bond donors (Lipinski definition) is 1. The Morgan fingerprint density at radius 3 is 2.75 bits per heavy atom. The highest BCUT2D eigenvalue weighted by Crippen LogP contribution is 2.29. The molecule has 1 atom stereocenters. The van der Waals surface area contributed by atoms with Crippen LogP contribution in [0, 0.1) is 0 Å². The molecular weight excluding hydrogens is 258 g/mol. The summed E-state index contributed by atoms with van der Waals surface area (Å²) in [4.78, 5) is 1.50. The molecular formula is C13H25N5O2. The smallest absolute Gasteiger partial charge is 0.176 e. The second-order valence-electron chi connectivity index (χ2n) is 5.29. The zero-order chi connectivity index (χ0) is 14.4. The van der Waals surface area contributed by atoms with Crippen molar-refractivity contribution in [2.45, 2.75) is 44.2 Å². The minimum atomic E-state index is -0.202. The van der Waals surface area contributed by atoms with E-state index in [0.717, 1.165) is 51.3 Å². The number of methoxy groups -OCH3 is 1. The summed E-state index contributed by atoms with van der Waals surface area (Å²) in [6.45, 7) is 4.60. The number of rotatable bonds is 7. The standard InChI is InChI=1S/C13H25N5O2/c1-4-7-14-11(10-12-15-17-18(2)16-12)13(19-3)5-8-20-9-6-13/h11,14H,4-10H2,1-3H3. The van der Waals surface area contributed by atoms with Gasteiger partial charge in [0.15, 0.2) is 5.82 Å². The maximum atomic E-state index is 5.89. The quantitative estimate of drug-likeness (QED) is 0.776. The fourth-order valence-electron chi connectivity index (χ4n) is 2.76. The van der Waals surface area contributed by atoms with Gasteiger partial charge in [0.1, 0.15) is 0 Å². The van der Waals surface area contributed by atoms with E-state index < -0.39 is 0 Å². The van der Waals surface area contributed by atoms with Crippen LogP contribution in [0.3, 0.4) is 0 Å². The predicted octanol–water partition coefficient (Wildman–Crippen LogP) is 0.316. The lowest BCUT2D eigenvalue weighted by Crippen LogP contribution is -2.56. The zero-order valence-electron chi connectivity index (χ0n) is 12.6. The Bertz CT molecular complexity index is 403. The topological polar surface area (TPSA) is 74.1 Å². The average Bonchev–Trinajstić information content (AvgIpc) is 2.89. The molecule has 20 heavy (non-hydrogen) atoms. The van der Waals surface area contributed by atoms with Crippen LogP contribution < -0.4 is 5.32 Å². The first-order valence-corrected chi connectivity index (χ1v) is 7.29. The molecule has 7 heteroatoms. The molecule has 0 aliphatic carbocycles. The molecule has 1 fully saturated rings. The summed E-state index contributed by atoms with van der Waals surface area (Å²) in [7, 11) is 3.57. The summed E-state index contributed by atoms with van der Waals surface area (Å²) < 4.78 is 11.4. The van der Waals surface area contributed by atoms with Crippen molar-refractivity contribution in [3.63, 3.8) is 0 Å². The molecule has 0 aromatic carbocycles. The lowest BCUT2D eigenvalue weighted by atomic mass is 9.84. The van der Waals surface area contributed by atoms with Crippen LogP contribution in [0.4, 0.5) is 0 Å². The van der Waals surface area contributed by atoms with Crippen LogP contribution in [0.2, 0.25) is 0 Å². The van der Waals surface area contributed by atoms with Crippen molar-refractivity contribution in [2.75, 3.05) is 26.9 Å². The van der Waals surface area contributed by atoms with Crippen molar-refractivity contribution in [1.29, 1.82) is 0 Å². The third-order valence-corrected chi connectivity index (χ3v) is 3.96. The molecule has 1 aromatic heterocycles. The number of aryl methyl sites for hydroxylation is 1. The monoisotopic (exact) mass is 283 g/mol. The molecule has 0 bridgehead atoms. The summed E-state index contributed by atoms with van der Waals surface area (Å²) in [5.41, 5.74) is -0.202. The second kappa shape index (κ2) is 7.10. The SMILES string of the molecule is CCCNC(Cc1nnn(C)n1)C1(OC)CCOCC1. The molecule has 1 unspecified atom stereocenters. The van der Waals surface area contributed by atoms with E-state index >= 15 is 0 Å². The van der Waals surface area contributed by atoms with Gasteiger partial charge in [-0.2, -0.15) is 4.80 Å². The van der Waals surface area contributed by atoms with Gasteiger partial charge in [0.25, 0.3) is 0 Å². The Hall–Kier alpha value is -1.05. The first kappa shape index (κ1) is 15.3. The second-order valence-corrected chi connectivity index (χ2v) is 5.29. The Morgan fingerprint density at radius 2 is 2.20 bits per heavy atom. The van der Waals surface area contributed by atoms with Crippen molar-refractivity contribution in [1.82, 2.24) is 25.5 Å². The summed E-state index contributed by atoms with van der Waals surface area (Å²) >= 11 is 0. The van der Waals surface area contributed by atoms with E-state index in [0.29, 0.717) is 0 Å². The van der Waals surface area contributed by atoms with Gasteiger partial charge in [-0.15, -0.1) is 10.2 Å². The minimum absolute atomic E-state index is 0.181. The molecule has 1 aliphatic rings. The van der Waals surface area contributed by atoms with Gasteiger partial charge in [0.05, 0.1) is 12.6 Å². The molecule has 0 radical (unpaired) electrons. The third kappa shape index (κ3) is 3.53. The van der Waals surface area contributed by atoms with E-state index in [4.69, 9.17) is 9.47 Å². The number of tetrazole rings is 1. The summed E-state index contributed by atoms with van der Waals surface area (Å²) in [5, 5.41) is 15.9. The van der Waals surface area contributed by atoms with Gasteiger partial charge < -0.3 is 14.8 Å². The maximum Gasteiger partial charge on any atom is 0.176 e. The third-order valence-electron chi connectivity index (χ3n) is 3.96. The average molecular weight is 283 g/mol. The van der Waals surface area contributed by atoms with Crippen molar-refractivity contribution >= 4 is 0 Å². The van der Waals surface area contributed by atoms with Gasteiger partial charge in [-0.25, -0.2) is 0 Å². The molecule has 0 amide bonds. The number of aromatic nitrogens is 4. The molecule has 0 saturated carbocycles.